The Morgan fingerprint density at radius 2 is 1.75 bits per heavy atom. The van der Waals surface area contributed by atoms with Gasteiger partial charge in [-0.25, -0.2) is 0 Å². The molecule has 0 aromatic heterocycles. The van der Waals surface area contributed by atoms with Crippen LogP contribution >= 0.6 is 0 Å². The first-order valence-electron chi connectivity index (χ1n) is 6.05. The van der Waals surface area contributed by atoms with Crippen LogP contribution < -0.4 is 5.73 Å². The molecular formula is C14H22N2. The molecule has 2 N–H and O–H groups in total. The van der Waals surface area contributed by atoms with E-state index in [9.17, 15) is 0 Å². The standard InChI is InChI=1S/C14H22N2/c1-11(14(2,3)10-15)16-8-12-6-4-5-7-13(12)9-16/h4-7,11H,8-10,15H2,1-3H3. The van der Waals surface area contributed by atoms with E-state index in [1.165, 1.54) is 11.1 Å². The van der Waals surface area contributed by atoms with Crippen molar-refractivity contribution in [3.05, 3.63) is 35.4 Å². The molecule has 1 atom stereocenters. The second-order valence-corrected chi connectivity index (χ2v) is 5.54. The van der Waals surface area contributed by atoms with E-state index in [1.54, 1.807) is 0 Å². The molecule has 0 saturated heterocycles. The van der Waals surface area contributed by atoms with Gasteiger partial charge in [0.2, 0.25) is 0 Å². The SMILES string of the molecule is CC(N1Cc2ccccc2C1)C(C)(C)CN. The fraction of sp³-hybridized carbons (Fsp3) is 0.571. The van der Waals surface area contributed by atoms with Gasteiger partial charge in [0, 0.05) is 19.1 Å². The summed E-state index contributed by atoms with van der Waals surface area (Å²) in [5, 5.41) is 0. The number of fused-ring (bicyclic) bond motifs is 1. The molecule has 1 aliphatic rings. The Bertz CT molecular complexity index is 346. The largest absolute Gasteiger partial charge is 0.330 e. The molecular weight excluding hydrogens is 196 g/mol. The highest BCUT2D eigenvalue weighted by Crippen LogP contribution is 2.31. The molecule has 2 heteroatoms. The molecule has 1 aliphatic heterocycles. The topological polar surface area (TPSA) is 29.3 Å². The Hall–Kier alpha value is -0.860. The fourth-order valence-corrected chi connectivity index (χ4v) is 2.30. The number of benzene rings is 1. The highest BCUT2D eigenvalue weighted by molar-refractivity contribution is 5.30. The molecule has 0 saturated carbocycles. The number of rotatable bonds is 3. The maximum atomic E-state index is 5.85. The lowest BCUT2D eigenvalue weighted by molar-refractivity contribution is 0.104. The van der Waals surface area contributed by atoms with Crippen LogP contribution in [0, 0.1) is 5.41 Å². The van der Waals surface area contributed by atoms with Crippen molar-refractivity contribution in [2.24, 2.45) is 11.1 Å². The fourth-order valence-electron chi connectivity index (χ4n) is 2.30. The molecule has 1 unspecified atom stereocenters. The molecule has 0 bridgehead atoms. The van der Waals surface area contributed by atoms with E-state index in [0.29, 0.717) is 6.04 Å². The summed E-state index contributed by atoms with van der Waals surface area (Å²) in [6.07, 6.45) is 0. The van der Waals surface area contributed by atoms with Crippen molar-refractivity contribution in [1.82, 2.24) is 4.90 Å². The van der Waals surface area contributed by atoms with E-state index in [-0.39, 0.29) is 5.41 Å². The average Bonchev–Trinajstić information content (AvgIpc) is 2.71. The number of hydrogen-bond donors (Lipinski definition) is 1. The average molecular weight is 218 g/mol. The van der Waals surface area contributed by atoms with Crippen molar-refractivity contribution in [1.29, 1.82) is 0 Å². The van der Waals surface area contributed by atoms with Gasteiger partial charge in [0.05, 0.1) is 0 Å². The number of nitrogens with two attached hydrogens (primary N) is 1. The van der Waals surface area contributed by atoms with Crippen molar-refractivity contribution in [2.75, 3.05) is 6.54 Å². The van der Waals surface area contributed by atoms with Gasteiger partial charge in [-0.15, -0.1) is 0 Å². The summed E-state index contributed by atoms with van der Waals surface area (Å²) < 4.78 is 0. The molecule has 1 aromatic carbocycles. The lowest BCUT2D eigenvalue weighted by atomic mass is 9.84. The van der Waals surface area contributed by atoms with Crippen LogP contribution in [0.4, 0.5) is 0 Å². The maximum absolute atomic E-state index is 5.85. The van der Waals surface area contributed by atoms with Gasteiger partial charge in [0.1, 0.15) is 0 Å². The Morgan fingerprint density at radius 1 is 1.25 bits per heavy atom. The minimum absolute atomic E-state index is 0.183. The monoisotopic (exact) mass is 218 g/mol. The van der Waals surface area contributed by atoms with Crippen LogP contribution in [0.5, 0.6) is 0 Å². The first-order chi connectivity index (χ1) is 7.54. The third kappa shape index (κ3) is 2.00. The number of nitrogens with zero attached hydrogens (tertiary/aromatic N) is 1. The van der Waals surface area contributed by atoms with Gasteiger partial charge < -0.3 is 5.73 Å². The molecule has 16 heavy (non-hydrogen) atoms. The van der Waals surface area contributed by atoms with Gasteiger partial charge in [0.25, 0.3) is 0 Å². The smallest absolute Gasteiger partial charge is 0.0243 e. The highest BCUT2D eigenvalue weighted by Gasteiger charge is 2.32. The van der Waals surface area contributed by atoms with Crippen LogP contribution in [0.2, 0.25) is 0 Å². The molecule has 0 aliphatic carbocycles. The van der Waals surface area contributed by atoms with Crippen molar-refractivity contribution in [2.45, 2.75) is 39.9 Å². The molecule has 2 rings (SSSR count). The third-order valence-corrected chi connectivity index (χ3v) is 4.07. The van der Waals surface area contributed by atoms with Crippen LogP contribution in [0.25, 0.3) is 0 Å². The van der Waals surface area contributed by atoms with Gasteiger partial charge in [-0.05, 0) is 30.0 Å². The van der Waals surface area contributed by atoms with Gasteiger partial charge in [0.15, 0.2) is 0 Å². The Labute approximate surface area is 98.4 Å². The molecule has 1 aromatic rings. The van der Waals surface area contributed by atoms with Gasteiger partial charge in [-0.2, -0.15) is 0 Å². The van der Waals surface area contributed by atoms with Gasteiger partial charge in [-0.1, -0.05) is 38.1 Å². The normalized spacial score (nSPS) is 18.5. The highest BCUT2D eigenvalue weighted by atomic mass is 15.2. The predicted octanol–water partition coefficient (Wildman–Crippen LogP) is 2.38. The van der Waals surface area contributed by atoms with Gasteiger partial charge >= 0.3 is 0 Å². The molecule has 0 spiro atoms. The van der Waals surface area contributed by atoms with E-state index in [1.807, 2.05) is 0 Å². The molecule has 0 radical (unpaired) electrons. The third-order valence-electron chi connectivity index (χ3n) is 4.07. The van der Waals surface area contributed by atoms with Crippen LogP contribution in [0.3, 0.4) is 0 Å². The maximum Gasteiger partial charge on any atom is 0.0243 e. The quantitative estimate of drug-likeness (QED) is 0.844. The van der Waals surface area contributed by atoms with E-state index in [2.05, 4.69) is 49.9 Å². The van der Waals surface area contributed by atoms with Crippen molar-refractivity contribution in [3.63, 3.8) is 0 Å². The first-order valence-corrected chi connectivity index (χ1v) is 6.05. The molecule has 0 amide bonds. The second-order valence-electron chi connectivity index (χ2n) is 5.54. The van der Waals surface area contributed by atoms with E-state index < -0.39 is 0 Å². The first kappa shape index (κ1) is 11.6. The van der Waals surface area contributed by atoms with Crippen LogP contribution in [0.1, 0.15) is 31.9 Å². The zero-order valence-electron chi connectivity index (χ0n) is 10.5. The molecule has 0 fully saturated rings. The molecule has 2 nitrogen and oxygen atoms in total. The summed E-state index contributed by atoms with van der Waals surface area (Å²) >= 11 is 0. The summed E-state index contributed by atoms with van der Waals surface area (Å²) in [5.41, 5.74) is 8.98. The van der Waals surface area contributed by atoms with Crippen molar-refractivity contribution in [3.8, 4) is 0 Å². The van der Waals surface area contributed by atoms with Crippen molar-refractivity contribution < 1.29 is 0 Å². The Kier molecular flexibility index (Phi) is 3.04. The van der Waals surface area contributed by atoms with E-state index in [0.717, 1.165) is 19.6 Å². The Balaban J connectivity index is 2.12. The summed E-state index contributed by atoms with van der Waals surface area (Å²) in [6, 6.07) is 9.24. The predicted molar refractivity (Wildman–Crippen MR) is 68.0 cm³/mol. The van der Waals surface area contributed by atoms with Crippen LogP contribution in [-0.4, -0.2) is 17.5 Å². The Morgan fingerprint density at radius 3 is 2.19 bits per heavy atom. The van der Waals surface area contributed by atoms with Gasteiger partial charge in [-0.3, -0.25) is 4.90 Å². The summed E-state index contributed by atoms with van der Waals surface area (Å²) in [6.45, 7) is 9.67. The summed E-state index contributed by atoms with van der Waals surface area (Å²) in [5.74, 6) is 0. The zero-order chi connectivity index (χ0) is 11.8. The number of hydrogen-bond acceptors (Lipinski definition) is 2. The van der Waals surface area contributed by atoms with E-state index in [4.69, 9.17) is 5.73 Å². The van der Waals surface area contributed by atoms with E-state index >= 15 is 0 Å². The second kappa shape index (κ2) is 4.19. The molecule has 1 heterocycles. The minimum atomic E-state index is 0.183. The lowest BCUT2D eigenvalue weighted by Gasteiger charge is -2.37. The zero-order valence-corrected chi connectivity index (χ0v) is 10.5. The molecule has 88 valence electrons. The summed E-state index contributed by atoms with van der Waals surface area (Å²) in [4.78, 5) is 2.53. The summed E-state index contributed by atoms with van der Waals surface area (Å²) in [7, 11) is 0. The lowest BCUT2D eigenvalue weighted by Crippen LogP contribution is -2.44. The van der Waals surface area contributed by atoms with Crippen LogP contribution in [-0.2, 0) is 13.1 Å². The minimum Gasteiger partial charge on any atom is -0.330 e. The van der Waals surface area contributed by atoms with Crippen LogP contribution in [0.15, 0.2) is 24.3 Å². The van der Waals surface area contributed by atoms with Crippen molar-refractivity contribution >= 4 is 0 Å².